The zero-order valence-electron chi connectivity index (χ0n) is 11.2. The Labute approximate surface area is 116 Å². The third-order valence-electron chi connectivity index (χ3n) is 2.96. The number of hydrazine groups is 1. The highest BCUT2D eigenvalue weighted by Gasteiger charge is 2.19. The minimum atomic E-state index is -0.754. The first-order valence-electron chi connectivity index (χ1n) is 6.26. The first-order chi connectivity index (χ1) is 9.54. The van der Waals surface area contributed by atoms with E-state index in [1.165, 1.54) is 18.2 Å². The number of benzene rings is 1. The van der Waals surface area contributed by atoms with Gasteiger partial charge in [-0.05, 0) is 18.1 Å². The van der Waals surface area contributed by atoms with E-state index < -0.39 is 11.0 Å². The van der Waals surface area contributed by atoms with Crippen molar-refractivity contribution < 1.29 is 10.0 Å². The van der Waals surface area contributed by atoms with E-state index in [1.54, 1.807) is 0 Å². The van der Waals surface area contributed by atoms with Crippen LogP contribution in [0.4, 0.5) is 5.69 Å². The summed E-state index contributed by atoms with van der Waals surface area (Å²) in [6.07, 6.45) is 1.56. The summed E-state index contributed by atoms with van der Waals surface area (Å²) in [5.74, 6) is 10.6. The molecule has 1 aromatic carbocycles. The molecular formula is C12H19N5O3. The fourth-order valence-electron chi connectivity index (χ4n) is 1.89. The largest absolute Gasteiger partial charge is 0.388 e. The molecule has 1 rings (SSSR count). The zero-order valence-corrected chi connectivity index (χ0v) is 11.2. The van der Waals surface area contributed by atoms with Gasteiger partial charge in [0.15, 0.2) is 5.84 Å². The second kappa shape index (κ2) is 7.41. The smallest absolute Gasteiger partial charge is 0.270 e. The number of nitrogens with zero attached hydrogens (tertiary/aromatic N) is 2. The summed E-state index contributed by atoms with van der Waals surface area (Å²) in [6.45, 7) is 2.01. The average Bonchev–Trinajstić information content (AvgIpc) is 2.45. The molecule has 1 aromatic rings. The minimum Gasteiger partial charge on any atom is -0.388 e. The molecule has 8 heteroatoms. The van der Waals surface area contributed by atoms with Crippen molar-refractivity contribution in [3.05, 3.63) is 39.4 Å². The number of nitro benzene ring substituents is 1. The predicted octanol–water partition coefficient (Wildman–Crippen LogP) is 0.902. The van der Waals surface area contributed by atoms with Crippen molar-refractivity contribution in [2.45, 2.75) is 32.3 Å². The number of amidine groups is 1. The van der Waals surface area contributed by atoms with E-state index in [0.29, 0.717) is 17.5 Å². The molecule has 8 nitrogen and oxygen atoms in total. The lowest BCUT2D eigenvalue weighted by atomic mass is 9.97. The molecular weight excluding hydrogens is 262 g/mol. The highest BCUT2D eigenvalue weighted by molar-refractivity contribution is 6.00. The average molecular weight is 281 g/mol. The van der Waals surface area contributed by atoms with Crippen molar-refractivity contribution in [1.29, 1.82) is 0 Å². The monoisotopic (exact) mass is 281 g/mol. The van der Waals surface area contributed by atoms with Gasteiger partial charge < -0.3 is 16.4 Å². The van der Waals surface area contributed by atoms with Crippen LogP contribution in [0.3, 0.4) is 0 Å². The summed E-state index contributed by atoms with van der Waals surface area (Å²) in [7, 11) is 0. The van der Waals surface area contributed by atoms with Gasteiger partial charge in [0, 0.05) is 17.7 Å². The second-order valence-corrected chi connectivity index (χ2v) is 4.31. The summed E-state index contributed by atoms with van der Waals surface area (Å²) in [6, 6.07) is 4.12. The second-order valence-electron chi connectivity index (χ2n) is 4.31. The van der Waals surface area contributed by atoms with Gasteiger partial charge in [-0.3, -0.25) is 10.1 Å². The van der Waals surface area contributed by atoms with E-state index in [9.17, 15) is 15.2 Å². The van der Waals surface area contributed by atoms with Gasteiger partial charge in [-0.15, -0.1) is 0 Å². The fourth-order valence-corrected chi connectivity index (χ4v) is 1.89. The molecule has 0 fully saturated rings. The molecule has 0 spiro atoms. The topological polar surface area (TPSA) is 140 Å². The maximum absolute atomic E-state index is 10.8. The van der Waals surface area contributed by atoms with Gasteiger partial charge in [-0.25, -0.2) is 5.84 Å². The Bertz CT molecular complexity index is 504. The lowest BCUT2D eigenvalue weighted by molar-refractivity contribution is -0.384. The number of hydrogen-bond donors (Lipinski definition) is 4. The van der Waals surface area contributed by atoms with Crippen LogP contribution in [0.25, 0.3) is 0 Å². The van der Waals surface area contributed by atoms with Crippen LogP contribution in [0, 0.1) is 10.1 Å². The summed E-state index contributed by atoms with van der Waals surface area (Å²) in [4.78, 5) is 10.3. The third-order valence-corrected chi connectivity index (χ3v) is 2.96. The van der Waals surface area contributed by atoms with Gasteiger partial charge in [0.2, 0.25) is 0 Å². The van der Waals surface area contributed by atoms with Crippen molar-refractivity contribution in [3.63, 3.8) is 0 Å². The van der Waals surface area contributed by atoms with Crippen LogP contribution in [0.2, 0.25) is 0 Å². The van der Waals surface area contributed by atoms with Crippen LogP contribution >= 0.6 is 0 Å². The van der Waals surface area contributed by atoms with Gasteiger partial charge in [-0.2, -0.15) is 5.10 Å². The van der Waals surface area contributed by atoms with E-state index in [4.69, 9.17) is 11.7 Å². The van der Waals surface area contributed by atoms with E-state index in [1.807, 2.05) is 6.92 Å². The number of aliphatic hydroxyl groups is 1. The summed E-state index contributed by atoms with van der Waals surface area (Å²) < 4.78 is 0. The summed E-state index contributed by atoms with van der Waals surface area (Å²) >= 11 is 0. The molecule has 110 valence electrons. The molecule has 1 atom stereocenters. The first-order valence-corrected chi connectivity index (χ1v) is 6.26. The van der Waals surface area contributed by atoms with Crippen molar-refractivity contribution in [2.75, 3.05) is 0 Å². The molecule has 0 aromatic heterocycles. The standard InChI is InChI=1S/C12H19N5O3/c1-2-3-4-11(18)9-6-5-8(17(19)20)7-10(9)12(15-13)16-14/h5-7,11,18H,2-4,13-14H2,1H3,(H,15,16). The first kappa shape index (κ1) is 15.9. The molecule has 0 aliphatic heterocycles. The quantitative estimate of drug-likeness (QED) is 0.201. The fraction of sp³-hybridized carbons (Fsp3) is 0.417. The molecule has 0 saturated heterocycles. The molecule has 0 bridgehead atoms. The van der Waals surface area contributed by atoms with Gasteiger partial charge in [0.05, 0.1) is 11.0 Å². The Balaban J connectivity index is 3.25. The van der Waals surface area contributed by atoms with Crippen molar-refractivity contribution in [2.24, 2.45) is 16.8 Å². The van der Waals surface area contributed by atoms with Gasteiger partial charge in [-0.1, -0.05) is 19.8 Å². The van der Waals surface area contributed by atoms with Crippen LogP contribution in [0.1, 0.15) is 43.4 Å². The lowest BCUT2D eigenvalue weighted by Crippen LogP contribution is -2.33. The lowest BCUT2D eigenvalue weighted by Gasteiger charge is -2.16. The van der Waals surface area contributed by atoms with Crippen LogP contribution in [-0.2, 0) is 0 Å². The normalized spacial score (nSPS) is 13.1. The van der Waals surface area contributed by atoms with Crippen molar-refractivity contribution in [3.8, 4) is 0 Å². The van der Waals surface area contributed by atoms with Crippen LogP contribution in [0.15, 0.2) is 23.3 Å². The third kappa shape index (κ3) is 3.65. The van der Waals surface area contributed by atoms with Crippen LogP contribution in [-0.4, -0.2) is 15.9 Å². The number of rotatable bonds is 6. The van der Waals surface area contributed by atoms with Crippen LogP contribution in [0.5, 0.6) is 0 Å². The number of nitrogens with one attached hydrogen (secondary N) is 1. The molecule has 0 saturated carbocycles. The van der Waals surface area contributed by atoms with Gasteiger partial charge >= 0.3 is 0 Å². The number of hydrogen-bond acceptors (Lipinski definition) is 6. The minimum absolute atomic E-state index is 0.0826. The van der Waals surface area contributed by atoms with Crippen LogP contribution < -0.4 is 17.1 Å². The summed E-state index contributed by atoms with van der Waals surface area (Å²) in [5.41, 5.74) is 2.99. The number of nitrogens with two attached hydrogens (primary N) is 2. The molecule has 1 unspecified atom stereocenters. The van der Waals surface area contributed by atoms with Gasteiger partial charge in [0.25, 0.3) is 5.69 Å². The number of unbranched alkanes of at least 4 members (excludes halogenated alkanes) is 1. The zero-order chi connectivity index (χ0) is 15.1. The predicted molar refractivity (Wildman–Crippen MR) is 75.6 cm³/mol. The highest BCUT2D eigenvalue weighted by atomic mass is 16.6. The Kier molecular flexibility index (Phi) is 5.88. The molecule has 0 radical (unpaired) electrons. The van der Waals surface area contributed by atoms with Gasteiger partial charge in [0.1, 0.15) is 0 Å². The Morgan fingerprint density at radius 1 is 1.60 bits per heavy atom. The number of hydrazone groups is 1. The molecule has 20 heavy (non-hydrogen) atoms. The Morgan fingerprint density at radius 3 is 2.80 bits per heavy atom. The Hall–Kier alpha value is -2.19. The Morgan fingerprint density at radius 2 is 2.30 bits per heavy atom. The molecule has 6 N–H and O–H groups in total. The van der Waals surface area contributed by atoms with E-state index in [-0.39, 0.29) is 11.5 Å². The SMILES string of the molecule is CCCCC(O)c1ccc([N+](=O)[O-])cc1/C(=N/N)NN. The highest BCUT2D eigenvalue weighted by Crippen LogP contribution is 2.26. The van der Waals surface area contributed by atoms with E-state index in [0.717, 1.165) is 12.8 Å². The maximum Gasteiger partial charge on any atom is 0.270 e. The van der Waals surface area contributed by atoms with E-state index >= 15 is 0 Å². The molecule has 0 aliphatic carbocycles. The van der Waals surface area contributed by atoms with Crippen molar-refractivity contribution in [1.82, 2.24) is 5.43 Å². The number of aliphatic hydroxyl groups excluding tert-OH is 1. The maximum atomic E-state index is 10.8. The number of non-ortho nitro benzene ring substituents is 1. The summed E-state index contributed by atoms with van der Waals surface area (Å²) in [5, 5.41) is 24.4. The van der Waals surface area contributed by atoms with E-state index in [2.05, 4.69) is 10.5 Å². The molecule has 0 amide bonds. The van der Waals surface area contributed by atoms with Crippen molar-refractivity contribution >= 4 is 11.5 Å². The molecule has 0 heterocycles. The molecule has 0 aliphatic rings. The number of nitro groups is 1.